The second-order valence-electron chi connectivity index (χ2n) is 5.61. The van der Waals surface area contributed by atoms with Gasteiger partial charge in [-0.3, -0.25) is 9.69 Å². The molecule has 1 heterocycles. The van der Waals surface area contributed by atoms with Crippen LogP contribution >= 0.6 is 24.0 Å². The van der Waals surface area contributed by atoms with Crippen molar-refractivity contribution in [2.45, 2.75) is 12.2 Å². The fourth-order valence-electron chi connectivity index (χ4n) is 2.63. The Morgan fingerprint density at radius 2 is 2.17 bits per heavy atom. The zero-order valence-corrected chi connectivity index (χ0v) is 14.7. The third kappa shape index (κ3) is 6.12. The average Bonchev–Trinajstić information content (AvgIpc) is 2.46. The predicted molar refractivity (Wildman–Crippen MR) is 89.6 cm³/mol. The van der Waals surface area contributed by atoms with Gasteiger partial charge in [0.05, 0.1) is 6.54 Å². The van der Waals surface area contributed by atoms with E-state index in [1.54, 1.807) is 6.07 Å². The molecule has 1 aliphatic rings. The van der Waals surface area contributed by atoms with Crippen LogP contribution in [0.15, 0.2) is 24.3 Å². The number of piperazine rings is 1. The van der Waals surface area contributed by atoms with Crippen LogP contribution in [-0.4, -0.2) is 61.7 Å². The number of nitrogens with one attached hydrogen (secondary N) is 1. The summed E-state index contributed by atoms with van der Waals surface area (Å²) >= 11 is 6.00. The van der Waals surface area contributed by atoms with E-state index in [1.165, 1.54) is 7.05 Å². The molecule has 1 atom stereocenters. The van der Waals surface area contributed by atoms with Gasteiger partial charge in [-0.05, 0) is 17.7 Å². The lowest BCUT2D eigenvalue weighted by Crippen LogP contribution is -2.50. The van der Waals surface area contributed by atoms with Crippen molar-refractivity contribution in [1.82, 2.24) is 15.1 Å². The van der Waals surface area contributed by atoms with Crippen LogP contribution in [0, 0.1) is 0 Å². The Labute approximate surface area is 150 Å². The molecule has 0 aliphatic carbocycles. The molecule has 1 amide bonds. The molecule has 2 rings (SSSR count). The van der Waals surface area contributed by atoms with Gasteiger partial charge in [0, 0.05) is 37.7 Å². The van der Waals surface area contributed by atoms with Gasteiger partial charge in [0.2, 0.25) is 5.91 Å². The molecule has 1 aliphatic heterocycles. The molecule has 0 spiro atoms. The second-order valence-corrected chi connectivity index (χ2v) is 6.05. The van der Waals surface area contributed by atoms with Gasteiger partial charge in [-0.25, -0.2) is 0 Å². The SMILES string of the molecule is CN(CC(F)(F)F)C(=O)CN1CCNCC1c1cccc(Cl)c1.Cl. The first kappa shape index (κ1) is 21.0. The van der Waals surface area contributed by atoms with Gasteiger partial charge in [-0.15, -0.1) is 12.4 Å². The fourth-order valence-corrected chi connectivity index (χ4v) is 2.83. The Morgan fingerprint density at radius 1 is 1.46 bits per heavy atom. The van der Waals surface area contributed by atoms with Gasteiger partial charge < -0.3 is 10.2 Å². The fraction of sp³-hybridized carbons (Fsp3) is 0.533. The van der Waals surface area contributed by atoms with Crippen molar-refractivity contribution in [2.24, 2.45) is 0 Å². The molecular weight excluding hydrogens is 366 g/mol. The molecule has 1 saturated heterocycles. The number of halogens is 5. The summed E-state index contributed by atoms with van der Waals surface area (Å²) in [5.74, 6) is -0.545. The molecule has 1 fully saturated rings. The minimum Gasteiger partial charge on any atom is -0.336 e. The van der Waals surface area contributed by atoms with E-state index in [1.807, 2.05) is 23.1 Å². The van der Waals surface area contributed by atoms with E-state index < -0.39 is 18.6 Å². The van der Waals surface area contributed by atoms with Crippen molar-refractivity contribution in [3.63, 3.8) is 0 Å². The number of benzene rings is 1. The Bertz CT molecular complexity index is 557. The highest BCUT2D eigenvalue weighted by molar-refractivity contribution is 6.30. The number of amides is 1. The third-order valence-corrected chi connectivity index (χ3v) is 4.00. The summed E-state index contributed by atoms with van der Waals surface area (Å²) < 4.78 is 37.2. The minimum absolute atomic E-state index is 0. The molecule has 4 nitrogen and oxygen atoms in total. The number of alkyl halides is 3. The number of hydrogen-bond acceptors (Lipinski definition) is 3. The quantitative estimate of drug-likeness (QED) is 0.865. The summed E-state index contributed by atoms with van der Waals surface area (Å²) in [6.07, 6.45) is -4.39. The van der Waals surface area contributed by atoms with Crippen molar-refractivity contribution in [1.29, 1.82) is 0 Å². The molecule has 1 N–H and O–H groups in total. The summed E-state index contributed by atoms with van der Waals surface area (Å²) in [7, 11) is 1.17. The number of hydrogen-bond donors (Lipinski definition) is 1. The number of carbonyl (C=O) groups excluding carboxylic acids is 1. The Kier molecular flexibility index (Phi) is 7.79. The van der Waals surface area contributed by atoms with Crippen LogP contribution in [0.4, 0.5) is 13.2 Å². The Morgan fingerprint density at radius 3 is 2.79 bits per heavy atom. The van der Waals surface area contributed by atoms with Crippen molar-refractivity contribution < 1.29 is 18.0 Å². The van der Waals surface area contributed by atoms with Gasteiger partial charge in [0.25, 0.3) is 0 Å². The van der Waals surface area contributed by atoms with Crippen LogP contribution in [-0.2, 0) is 4.79 Å². The zero-order chi connectivity index (χ0) is 17.0. The normalized spacial score (nSPS) is 18.8. The zero-order valence-electron chi connectivity index (χ0n) is 13.1. The highest BCUT2D eigenvalue weighted by atomic mass is 35.5. The summed E-state index contributed by atoms with van der Waals surface area (Å²) in [5.41, 5.74) is 0.941. The summed E-state index contributed by atoms with van der Waals surface area (Å²) in [4.78, 5) is 14.7. The minimum atomic E-state index is -4.39. The molecule has 1 unspecified atom stereocenters. The lowest BCUT2D eigenvalue weighted by atomic mass is 10.0. The lowest BCUT2D eigenvalue weighted by molar-refractivity contribution is -0.159. The predicted octanol–water partition coefficient (Wildman–Crippen LogP) is 2.73. The third-order valence-electron chi connectivity index (χ3n) is 3.77. The van der Waals surface area contributed by atoms with Crippen LogP contribution in [0.5, 0.6) is 0 Å². The van der Waals surface area contributed by atoms with Crippen LogP contribution in [0.25, 0.3) is 0 Å². The molecule has 0 aromatic heterocycles. The molecule has 1 aromatic carbocycles. The summed E-state index contributed by atoms with van der Waals surface area (Å²) in [6.45, 7) is 0.609. The van der Waals surface area contributed by atoms with Crippen LogP contribution in [0.1, 0.15) is 11.6 Å². The topological polar surface area (TPSA) is 35.6 Å². The molecule has 9 heteroatoms. The van der Waals surface area contributed by atoms with Crippen LogP contribution < -0.4 is 5.32 Å². The van der Waals surface area contributed by atoms with Gasteiger partial charge in [-0.2, -0.15) is 13.2 Å². The van der Waals surface area contributed by atoms with Crippen LogP contribution in [0.3, 0.4) is 0 Å². The van der Waals surface area contributed by atoms with E-state index in [0.717, 1.165) is 10.5 Å². The maximum atomic E-state index is 12.4. The first-order valence-electron chi connectivity index (χ1n) is 7.27. The standard InChI is InChI=1S/C15H19ClF3N3O.ClH/c1-21(10-15(17,18)19)14(23)9-22-6-5-20-8-13(22)11-3-2-4-12(16)7-11;/h2-4,7,13,20H,5-6,8-10H2,1H3;1H. The summed E-state index contributed by atoms with van der Waals surface area (Å²) in [5, 5.41) is 3.83. The van der Waals surface area contributed by atoms with E-state index >= 15 is 0 Å². The molecule has 136 valence electrons. The van der Waals surface area contributed by atoms with Crippen molar-refractivity contribution in [2.75, 3.05) is 39.8 Å². The average molecular weight is 386 g/mol. The van der Waals surface area contributed by atoms with Gasteiger partial charge in [0.1, 0.15) is 6.54 Å². The van der Waals surface area contributed by atoms with E-state index in [4.69, 9.17) is 11.6 Å². The molecule has 1 aromatic rings. The van der Waals surface area contributed by atoms with Gasteiger partial charge in [0.15, 0.2) is 0 Å². The van der Waals surface area contributed by atoms with E-state index in [-0.39, 0.29) is 25.0 Å². The first-order chi connectivity index (χ1) is 10.8. The Hall–Kier alpha value is -1.02. The summed E-state index contributed by atoms with van der Waals surface area (Å²) in [6, 6.07) is 7.21. The van der Waals surface area contributed by atoms with Crippen molar-refractivity contribution >= 4 is 29.9 Å². The first-order valence-corrected chi connectivity index (χ1v) is 7.65. The van der Waals surface area contributed by atoms with Gasteiger partial charge >= 0.3 is 6.18 Å². The number of likely N-dealkylation sites (N-methyl/N-ethyl adjacent to an activating group) is 1. The van der Waals surface area contributed by atoms with Gasteiger partial charge in [-0.1, -0.05) is 23.7 Å². The highest BCUT2D eigenvalue weighted by Gasteiger charge is 2.33. The largest absolute Gasteiger partial charge is 0.406 e. The number of carbonyl (C=O) groups is 1. The molecule has 0 saturated carbocycles. The van der Waals surface area contributed by atoms with E-state index in [2.05, 4.69) is 5.32 Å². The van der Waals surface area contributed by atoms with Crippen molar-refractivity contribution in [3.8, 4) is 0 Å². The smallest absolute Gasteiger partial charge is 0.336 e. The van der Waals surface area contributed by atoms with Crippen LogP contribution in [0.2, 0.25) is 5.02 Å². The molecule has 0 bridgehead atoms. The molecular formula is C15H20Cl2F3N3O. The molecule has 0 radical (unpaired) electrons. The second kappa shape index (κ2) is 8.89. The maximum Gasteiger partial charge on any atom is 0.406 e. The monoisotopic (exact) mass is 385 g/mol. The number of rotatable bonds is 4. The van der Waals surface area contributed by atoms with Crippen molar-refractivity contribution in [3.05, 3.63) is 34.9 Å². The molecule has 24 heavy (non-hydrogen) atoms. The van der Waals surface area contributed by atoms with E-state index in [9.17, 15) is 18.0 Å². The highest BCUT2D eigenvalue weighted by Crippen LogP contribution is 2.25. The van der Waals surface area contributed by atoms with E-state index in [0.29, 0.717) is 24.7 Å². The maximum absolute atomic E-state index is 12.4. The Balaban J connectivity index is 0.00000288. The lowest BCUT2D eigenvalue weighted by Gasteiger charge is -2.37. The number of nitrogens with zero attached hydrogens (tertiary/aromatic N) is 2.